The number of hydrogen-bond acceptors (Lipinski definition) is 1. The molecule has 0 saturated carbocycles. The molecule has 1 atom stereocenters. The van der Waals surface area contributed by atoms with Crippen LogP contribution in [0.15, 0.2) is 24.3 Å². The van der Waals surface area contributed by atoms with Gasteiger partial charge in [0.2, 0.25) is 0 Å². The summed E-state index contributed by atoms with van der Waals surface area (Å²) in [6, 6.07) is 5.82. The van der Waals surface area contributed by atoms with Crippen LogP contribution in [-0.4, -0.2) is 12.2 Å². The number of alkyl halides is 3. The van der Waals surface area contributed by atoms with Crippen molar-refractivity contribution in [3.8, 4) is 0 Å². The van der Waals surface area contributed by atoms with Gasteiger partial charge in [0.25, 0.3) is 0 Å². The van der Waals surface area contributed by atoms with Crippen LogP contribution in [0, 0.1) is 0 Å². The normalized spacial score (nSPS) is 13.9. The van der Waals surface area contributed by atoms with Crippen molar-refractivity contribution in [2.45, 2.75) is 25.1 Å². The first-order valence-electron chi connectivity index (χ1n) is 4.44. The summed E-state index contributed by atoms with van der Waals surface area (Å²) >= 11 is 5.80. The van der Waals surface area contributed by atoms with E-state index in [1.54, 1.807) is 24.3 Å². The van der Waals surface area contributed by atoms with Gasteiger partial charge in [0.1, 0.15) is 0 Å². The van der Waals surface area contributed by atoms with Gasteiger partial charge in [-0.3, -0.25) is 0 Å². The minimum Gasteiger partial charge on any atom is -0.327 e. The van der Waals surface area contributed by atoms with Crippen molar-refractivity contribution < 1.29 is 13.2 Å². The lowest BCUT2D eigenvalue weighted by Gasteiger charge is -2.14. The first-order chi connectivity index (χ1) is 6.88. The van der Waals surface area contributed by atoms with Gasteiger partial charge in [0, 0.05) is 11.1 Å². The van der Waals surface area contributed by atoms with Gasteiger partial charge in [0.05, 0.1) is 6.42 Å². The van der Waals surface area contributed by atoms with E-state index >= 15 is 0 Å². The fourth-order valence-electron chi connectivity index (χ4n) is 1.32. The Morgan fingerprint density at radius 3 is 2.40 bits per heavy atom. The molecule has 15 heavy (non-hydrogen) atoms. The minimum atomic E-state index is -4.22. The molecule has 1 nitrogen and oxygen atoms in total. The Balaban J connectivity index is 2.59. The second-order valence-corrected chi connectivity index (χ2v) is 3.78. The van der Waals surface area contributed by atoms with Crippen LogP contribution in [0.3, 0.4) is 0 Å². The molecule has 0 heterocycles. The number of hydrogen-bond donors (Lipinski definition) is 1. The summed E-state index contributed by atoms with van der Waals surface area (Å²) in [4.78, 5) is 0. The smallest absolute Gasteiger partial charge is 0.327 e. The average molecular weight is 238 g/mol. The molecule has 5 heteroatoms. The largest absolute Gasteiger partial charge is 0.390 e. The maximum atomic E-state index is 12.0. The van der Waals surface area contributed by atoms with E-state index in [9.17, 15) is 13.2 Å². The van der Waals surface area contributed by atoms with Crippen LogP contribution in [0.1, 0.15) is 12.0 Å². The Morgan fingerprint density at radius 1 is 1.27 bits per heavy atom. The number of rotatable bonds is 3. The molecule has 0 saturated heterocycles. The van der Waals surface area contributed by atoms with Gasteiger partial charge in [-0.05, 0) is 18.1 Å². The third-order valence-corrected chi connectivity index (χ3v) is 2.30. The zero-order valence-corrected chi connectivity index (χ0v) is 8.65. The molecule has 0 aliphatic carbocycles. The summed E-state index contributed by atoms with van der Waals surface area (Å²) in [5.41, 5.74) is 6.03. The third kappa shape index (κ3) is 4.53. The molecule has 84 valence electrons. The zero-order chi connectivity index (χ0) is 11.5. The van der Waals surface area contributed by atoms with Gasteiger partial charge < -0.3 is 5.73 Å². The van der Waals surface area contributed by atoms with Crippen LogP contribution >= 0.6 is 11.6 Å². The Hall–Kier alpha value is -0.740. The predicted octanol–water partition coefficient (Wildman–Crippen LogP) is 3.16. The van der Waals surface area contributed by atoms with Crippen molar-refractivity contribution in [2.24, 2.45) is 5.73 Å². The molecule has 0 aromatic heterocycles. The molecule has 1 rings (SSSR count). The van der Waals surface area contributed by atoms with Crippen molar-refractivity contribution in [1.82, 2.24) is 0 Å². The van der Waals surface area contributed by atoms with Gasteiger partial charge in [-0.2, -0.15) is 13.2 Å². The fourth-order valence-corrected chi connectivity index (χ4v) is 1.53. The quantitative estimate of drug-likeness (QED) is 0.859. The maximum Gasteiger partial charge on any atom is 0.390 e. The second-order valence-electron chi connectivity index (χ2n) is 3.37. The molecule has 0 aliphatic heterocycles. The molecule has 0 aliphatic rings. The second kappa shape index (κ2) is 4.86. The highest BCUT2D eigenvalue weighted by Gasteiger charge is 2.30. The molecular formula is C10H11ClF3N. The zero-order valence-electron chi connectivity index (χ0n) is 7.89. The lowest BCUT2D eigenvalue weighted by molar-refractivity contribution is -0.138. The van der Waals surface area contributed by atoms with E-state index in [2.05, 4.69) is 0 Å². The van der Waals surface area contributed by atoms with Crippen molar-refractivity contribution in [3.63, 3.8) is 0 Å². The standard InChI is InChI=1S/C10H11ClF3N/c11-9-4-2-1-3-7(9)5-8(15)6-10(12,13)14/h1-4,8H,5-6,15H2. The molecule has 0 bridgehead atoms. The van der Waals surface area contributed by atoms with Gasteiger partial charge >= 0.3 is 6.18 Å². The van der Waals surface area contributed by atoms with Gasteiger partial charge in [-0.25, -0.2) is 0 Å². The summed E-state index contributed by atoms with van der Waals surface area (Å²) in [7, 11) is 0. The van der Waals surface area contributed by atoms with Gasteiger partial charge in [0.15, 0.2) is 0 Å². The maximum absolute atomic E-state index is 12.0. The van der Waals surface area contributed by atoms with E-state index in [0.29, 0.717) is 10.6 Å². The first-order valence-corrected chi connectivity index (χ1v) is 4.82. The fraction of sp³-hybridized carbons (Fsp3) is 0.400. The SMILES string of the molecule is NC(Cc1ccccc1Cl)CC(F)(F)F. The van der Waals surface area contributed by atoms with Crippen LogP contribution in [-0.2, 0) is 6.42 Å². The Labute approximate surface area is 91.0 Å². The van der Waals surface area contributed by atoms with E-state index in [1.807, 2.05) is 0 Å². The summed E-state index contributed by atoms with van der Waals surface area (Å²) in [5, 5.41) is 0.454. The van der Waals surface area contributed by atoms with E-state index < -0.39 is 18.6 Å². The monoisotopic (exact) mass is 237 g/mol. The molecule has 1 unspecified atom stereocenters. The summed E-state index contributed by atoms with van der Waals surface area (Å²) < 4.78 is 36.0. The topological polar surface area (TPSA) is 26.0 Å². The first kappa shape index (κ1) is 12.3. The highest BCUT2D eigenvalue weighted by Crippen LogP contribution is 2.24. The molecular weight excluding hydrogens is 227 g/mol. The molecule has 0 radical (unpaired) electrons. The average Bonchev–Trinajstić information content (AvgIpc) is 2.05. The van der Waals surface area contributed by atoms with Crippen molar-refractivity contribution >= 4 is 11.6 Å². The molecule has 0 fully saturated rings. The lowest BCUT2D eigenvalue weighted by Crippen LogP contribution is -2.29. The van der Waals surface area contributed by atoms with Crippen LogP contribution in [0.4, 0.5) is 13.2 Å². The van der Waals surface area contributed by atoms with Crippen molar-refractivity contribution in [1.29, 1.82) is 0 Å². The van der Waals surface area contributed by atoms with Crippen LogP contribution in [0.2, 0.25) is 5.02 Å². The summed E-state index contributed by atoms with van der Waals surface area (Å²) in [5.74, 6) is 0. The highest BCUT2D eigenvalue weighted by molar-refractivity contribution is 6.31. The van der Waals surface area contributed by atoms with Crippen molar-refractivity contribution in [3.05, 3.63) is 34.9 Å². The van der Waals surface area contributed by atoms with E-state index in [4.69, 9.17) is 17.3 Å². The molecule has 0 spiro atoms. The molecule has 2 N–H and O–H groups in total. The Morgan fingerprint density at radius 2 is 1.87 bits per heavy atom. The summed E-state index contributed by atoms with van der Waals surface area (Å²) in [6.07, 6.45) is -5.07. The van der Waals surface area contributed by atoms with Crippen LogP contribution in [0.5, 0.6) is 0 Å². The van der Waals surface area contributed by atoms with Gasteiger partial charge in [-0.15, -0.1) is 0 Å². The molecule has 1 aromatic rings. The van der Waals surface area contributed by atoms with Crippen LogP contribution < -0.4 is 5.73 Å². The molecule has 0 amide bonds. The number of benzene rings is 1. The number of halogens is 4. The lowest BCUT2D eigenvalue weighted by atomic mass is 10.0. The van der Waals surface area contributed by atoms with Crippen molar-refractivity contribution in [2.75, 3.05) is 0 Å². The Kier molecular flexibility index (Phi) is 3.99. The highest BCUT2D eigenvalue weighted by atomic mass is 35.5. The van der Waals surface area contributed by atoms with E-state index in [1.165, 1.54) is 0 Å². The summed E-state index contributed by atoms with van der Waals surface area (Å²) in [6.45, 7) is 0. The van der Waals surface area contributed by atoms with Gasteiger partial charge in [-0.1, -0.05) is 29.8 Å². The third-order valence-electron chi connectivity index (χ3n) is 1.93. The molecule has 1 aromatic carbocycles. The minimum absolute atomic E-state index is 0.138. The van der Waals surface area contributed by atoms with E-state index in [-0.39, 0.29) is 6.42 Å². The number of nitrogens with two attached hydrogens (primary N) is 1. The predicted molar refractivity (Wildman–Crippen MR) is 53.8 cm³/mol. The Bertz CT molecular complexity index is 325. The van der Waals surface area contributed by atoms with Crippen LogP contribution in [0.25, 0.3) is 0 Å². The van der Waals surface area contributed by atoms with E-state index in [0.717, 1.165) is 0 Å².